The van der Waals surface area contributed by atoms with Crippen molar-refractivity contribution in [3.63, 3.8) is 0 Å². The number of nitrogens with zero attached hydrogens (tertiary/aromatic N) is 5. The van der Waals surface area contributed by atoms with Gasteiger partial charge in [-0.05, 0) is 17.7 Å². The summed E-state index contributed by atoms with van der Waals surface area (Å²) in [5.41, 5.74) is 3.86. The van der Waals surface area contributed by atoms with Gasteiger partial charge in [-0.15, -0.1) is 0 Å². The summed E-state index contributed by atoms with van der Waals surface area (Å²) in [4.78, 5) is 30.3. The van der Waals surface area contributed by atoms with Crippen molar-refractivity contribution in [2.45, 2.75) is 6.54 Å². The van der Waals surface area contributed by atoms with Gasteiger partial charge in [-0.3, -0.25) is 13.9 Å². The van der Waals surface area contributed by atoms with Crippen molar-refractivity contribution in [3.05, 3.63) is 90.5 Å². The molecular formula is C21H18Cl2N6O2. The molecule has 0 spiro atoms. The molecule has 2 aromatic heterocycles. The molecule has 0 fully saturated rings. The Morgan fingerprint density at radius 2 is 1.68 bits per heavy atom. The fourth-order valence-corrected chi connectivity index (χ4v) is 3.73. The molecule has 0 aliphatic carbocycles. The van der Waals surface area contributed by atoms with Crippen LogP contribution in [0.15, 0.2) is 63.2 Å². The highest BCUT2D eigenvalue weighted by molar-refractivity contribution is 6.38. The molecule has 10 heteroatoms. The highest BCUT2D eigenvalue weighted by atomic mass is 35.5. The molecule has 0 unspecified atom stereocenters. The zero-order chi connectivity index (χ0) is 22.1. The summed E-state index contributed by atoms with van der Waals surface area (Å²) in [6, 6.07) is 14.5. The van der Waals surface area contributed by atoms with Crippen LogP contribution in [0.4, 0.5) is 5.95 Å². The Morgan fingerprint density at radius 3 is 2.35 bits per heavy atom. The first-order chi connectivity index (χ1) is 14.9. The number of aryl methyl sites for hydroxylation is 2. The van der Waals surface area contributed by atoms with E-state index in [2.05, 4.69) is 15.5 Å². The largest absolute Gasteiger partial charge is 0.332 e. The van der Waals surface area contributed by atoms with E-state index in [0.29, 0.717) is 21.6 Å². The topological polar surface area (TPSA) is 86.2 Å². The van der Waals surface area contributed by atoms with E-state index in [1.165, 1.54) is 15.3 Å². The quantitative estimate of drug-likeness (QED) is 0.368. The van der Waals surface area contributed by atoms with Crippen LogP contribution in [0, 0.1) is 0 Å². The Balaban J connectivity index is 1.74. The van der Waals surface area contributed by atoms with E-state index in [4.69, 9.17) is 23.2 Å². The van der Waals surface area contributed by atoms with Gasteiger partial charge in [0, 0.05) is 19.7 Å². The van der Waals surface area contributed by atoms with Crippen molar-refractivity contribution < 1.29 is 0 Å². The number of fused-ring (bicyclic) bond motifs is 1. The van der Waals surface area contributed by atoms with E-state index < -0.39 is 11.2 Å². The third kappa shape index (κ3) is 3.87. The van der Waals surface area contributed by atoms with Gasteiger partial charge >= 0.3 is 5.69 Å². The lowest BCUT2D eigenvalue weighted by molar-refractivity contribution is 0.655. The normalized spacial score (nSPS) is 11.5. The van der Waals surface area contributed by atoms with E-state index in [9.17, 15) is 9.59 Å². The van der Waals surface area contributed by atoms with E-state index in [-0.39, 0.29) is 17.7 Å². The van der Waals surface area contributed by atoms with Crippen LogP contribution in [-0.4, -0.2) is 24.9 Å². The van der Waals surface area contributed by atoms with Crippen LogP contribution in [0.1, 0.15) is 11.1 Å². The summed E-state index contributed by atoms with van der Waals surface area (Å²) in [7, 11) is 3.25. The molecule has 2 heterocycles. The molecule has 2 aromatic carbocycles. The standard InChI is InChI=1S/C21H18Cl2N6O2/c1-27-17-18(25-20(27)26-24-11-14-15(22)9-6-10-16(14)23)28(2)21(31)29(19(17)30)12-13-7-4-3-5-8-13/h3-11H,12H2,1-2H3,(H,25,26). The van der Waals surface area contributed by atoms with Gasteiger partial charge in [0.05, 0.1) is 22.8 Å². The van der Waals surface area contributed by atoms with Crippen molar-refractivity contribution in [1.82, 2.24) is 18.7 Å². The lowest BCUT2D eigenvalue weighted by atomic mass is 10.2. The smallest absolute Gasteiger partial charge is 0.306 e. The minimum Gasteiger partial charge on any atom is -0.306 e. The van der Waals surface area contributed by atoms with Crippen LogP contribution >= 0.6 is 23.2 Å². The molecule has 0 bridgehead atoms. The summed E-state index contributed by atoms with van der Waals surface area (Å²) in [5, 5.41) is 5.04. The minimum absolute atomic E-state index is 0.166. The van der Waals surface area contributed by atoms with E-state index in [1.807, 2.05) is 30.3 Å². The van der Waals surface area contributed by atoms with Crippen LogP contribution in [-0.2, 0) is 20.6 Å². The number of anilines is 1. The third-order valence-corrected chi connectivity index (χ3v) is 5.56. The average molecular weight is 457 g/mol. The molecule has 4 aromatic rings. The molecule has 158 valence electrons. The number of aromatic nitrogens is 4. The zero-order valence-corrected chi connectivity index (χ0v) is 18.2. The molecule has 1 N–H and O–H groups in total. The maximum absolute atomic E-state index is 13.1. The Kier molecular flexibility index (Phi) is 5.67. The lowest BCUT2D eigenvalue weighted by Gasteiger charge is -2.08. The molecule has 8 nitrogen and oxygen atoms in total. The molecule has 4 rings (SSSR count). The number of rotatable bonds is 5. The number of nitrogens with one attached hydrogen (secondary N) is 1. The number of hydrazone groups is 1. The number of halogens is 2. The highest BCUT2D eigenvalue weighted by Crippen LogP contribution is 2.22. The number of hydrogen-bond donors (Lipinski definition) is 1. The van der Waals surface area contributed by atoms with Crippen molar-refractivity contribution in [3.8, 4) is 0 Å². The number of hydrogen-bond acceptors (Lipinski definition) is 5. The molecule has 0 saturated carbocycles. The van der Waals surface area contributed by atoms with Gasteiger partial charge in [0.15, 0.2) is 11.2 Å². The molecule has 0 atom stereocenters. The van der Waals surface area contributed by atoms with Crippen molar-refractivity contribution in [1.29, 1.82) is 0 Å². The van der Waals surface area contributed by atoms with Crippen LogP contribution in [0.2, 0.25) is 10.0 Å². The van der Waals surface area contributed by atoms with Crippen LogP contribution < -0.4 is 16.7 Å². The summed E-state index contributed by atoms with van der Waals surface area (Å²) in [6.07, 6.45) is 1.47. The number of imidazole rings is 1. The predicted octanol–water partition coefficient (Wildman–Crippen LogP) is 3.23. The second-order valence-electron chi connectivity index (χ2n) is 6.89. The molecular weight excluding hydrogens is 439 g/mol. The van der Waals surface area contributed by atoms with Gasteiger partial charge in [-0.2, -0.15) is 10.1 Å². The first kappa shape index (κ1) is 20.9. The van der Waals surface area contributed by atoms with Gasteiger partial charge in [0.2, 0.25) is 5.95 Å². The van der Waals surface area contributed by atoms with E-state index >= 15 is 0 Å². The zero-order valence-electron chi connectivity index (χ0n) is 16.7. The minimum atomic E-state index is -0.447. The van der Waals surface area contributed by atoms with Gasteiger partial charge in [0.1, 0.15) is 0 Å². The molecule has 31 heavy (non-hydrogen) atoms. The van der Waals surface area contributed by atoms with Crippen molar-refractivity contribution in [2.24, 2.45) is 19.2 Å². The van der Waals surface area contributed by atoms with Gasteiger partial charge < -0.3 is 4.57 Å². The lowest BCUT2D eigenvalue weighted by Crippen LogP contribution is -2.39. The highest BCUT2D eigenvalue weighted by Gasteiger charge is 2.18. The molecule has 0 radical (unpaired) electrons. The summed E-state index contributed by atoms with van der Waals surface area (Å²) >= 11 is 12.3. The summed E-state index contributed by atoms with van der Waals surface area (Å²) < 4.78 is 4.10. The van der Waals surface area contributed by atoms with Gasteiger partial charge in [-0.25, -0.2) is 10.2 Å². The Bertz CT molecular complexity index is 1400. The second kappa shape index (κ2) is 8.41. The van der Waals surface area contributed by atoms with Crippen molar-refractivity contribution >= 4 is 46.5 Å². The van der Waals surface area contributed by atoms with Crippen LogP contribution in [0.5, 0.6) is 0 Å². The predicted molar refractivity (Wildman–Crippen MR) is 123 cm³/mol. The SMILES string of the molecule is Cn1c(NN=Cc2c(Cl)cccc2Cl)nc2c1c(=O)n(Cc1ccccc1)c(=O)n2C. The Hall–Kier alpha value is -3.36. The summed E-state index contributed by atoms with van der Waals surface area (Å²) in [5.74, 6) is 0.291. The van der Waals surface area contributed by atoms with Crippen molar-refractivity contribution in [2.75, 3.05) is 5.43 Å². The summed E-state index contributed by atoms with van der Waals surface area (Å²) in [6.45, 7) is 0.166. The van der Waals surface area contributed by atoms with Gasteiger partial charge in [0.25, 0.3) is 5.56 Å². The first-order valence-corrected chi connectivity index (χ1v) is 10.1. The number of benzene rings is 2. The van der Waals surface area contributed by atoms with Gasteiger partial charge in [-0.1, -0.05) is 59.6 Å². The fourth-order valence-electron chi connectivity index (χ4n) is 3.24. The average Bonchev–Trinajstić information content (AvgIpc) is 3.09. The third-order valence-electron chi connectivity index (χ3n) is 4.90. The maximum atomic E-state index is 13.1. The van der Waals surface area contributed by atoms with E-state index in [1.54, 1.807) is 36.9 Å². The Morgan fingerprint density at radius 1 is 1.00 bits per heavy atom. The Labute approximate surface area is 187 Å². The molecule has 0 aliphatic heterocycles. The fraction of sp³-hybridized carbons (Fsp3) is 0.143. The van der Waals surface area contributed by atoms with E-state index in [0.717, 1.165) is 5.56 Å². The molecule has 0 saturated heterocycles. The second-order valence-corrected chi connectivity index (χ2v) is 7.70. The van der Waals surface area contributed by atoms with Crippen LogP contribution in [0.3, 0.4) is 0 Å². The first-order valence-electron chi connectivity index (χ1n) is 9.31. The van der Waals surface area contributed by atoms with Crippen LogP contribution in [0.25, 0.3) is 11.2 Å². The molecule has 0 amide bonds. The molecule has 0 aliphatic rings. The monoisotopic (exact) mass is 456 g/mol. The maximum Gasteiger partial charge on any atom is 0.332 e.